The van der Waals surface area contributed by atoms with Crippen LogP contribution in [0.1, 0.15) is 12.0 Å². The average Bonchev–Trinajstić information content (AvgIpc) is 2.18. The molecule has 1 aromatic rings. The highest BCUT2D eigenvalue weighted by molar-refractivity contribution is 5.49. The monoisotopic (exact) mass is 193 g/mol. The summed E-state index contributed by atoms with van der Waals surface area (Å²) in [6.45, 7) is 4.24. The second-order valence-corrected chi connectivity index (χ2v) is 3.54. The van der Waals surface area contributed by atoms with E-state index in [1.807, 2.05) is 25.5 Å². The molecule has 1 N–H and O–H groups in total. The van der Waals surface area contributed by atoms with Crippen LogP contribution >= 0.6 is 0 Å². The number of hydrogen-bond acceptors (Lipinski definition) is 3. The molecule has 1 rings (SSSR count). The minimum absolute atomic E-state index is 1.06. The van der Waals surface area contributed by atoms with Crippen LogP contribution in [-0.2, 0) is 0 Å². The van der Waals surface area contributed by atoms with Gasteiger partial charge in [-0.15, -0.1) is 0 Å². The van der Waals surface area contributed by atoms with Gasteiger partial charge >= 0.3 is 0 Å². The van der Waals surface area contributed by atoms with E-state index in [1.54, 1.807) is 0 Å². The van der Waals surface area contributed by atoms with Crippen LogP contribution in [0.3, 0.4) is 0 Å². The highest BCUT2D eigenvalue weighted by Crippen LogP contribution is 2.15. The molecule has 0 fully saturated rings. The number of rotatable bonds is 5. The molecule has 0 aliphatic rings. The van der Waals surface area contributed by atoms with Crippen molar-refractivity contribution in [3.05, 3.63) is 24.0 Å². The molecule has 78 valence electrons. The number of hydrogen-bond donors (Lipinski definition) is 1. The zero-order valence-corrected chi connectivity index (χ0v) is 9.25. The zero-order valence-electron chi connectivity index (χ0n) is 9.25. The van der Waals surface area contributed by atoms with Crippen LogP contribution in [-0.4, -0.2) is 32.2 Å². The Morgan fingerprint density at radius 2 is 2.29 bits per heavy atom. The molecule has 3 nitrogen and oxygen atoms in total. The molecule has 1 heterocycles. The van der Waals surface area contributed by atoms with Gasteiger partial charge in [0, 0.05) is 19.8 Å². The van der Waals surface area contributed by atoms with Gasteiger partial charge in [-0.3, -0.25) is 4.98 Å². The number of aromatic nitrogens is 1. The Labute approximate surface area is 86.2 Å². The van der Waals surface area contributed by atoms with Gasteiger partial charge in [0.05, 0.1) is 11.9 Å². The number of nitrogens with zero attached hydrogens (tertiary/aromatic N) is 2. The van der Waals surface area contributed by atoms with Crippen molar-refractivity contribution in [1.82, 2.24) is 10.3 Å². The van der Waals surface area contributed by atoms with E-state index in [1.165, 1.54) is 11.3 Å². The molecule has 0 saturated carbocycles. The molecular formula is C11H19N3. The van der Waals surface area contributed by atoms with Crippen LogP contribution in [0.4, 0.5) is 5.69 Å². The largest absolute Gasteiger partial charge is 0.373 e. The van der Waals surface area contributed by atoms with E-state index in [0.717, 1.165) is 19.5 Å². The molecule has 0 aromatic carbocycles. The van der Waals surface area contributed by atoms with Crippen molar-refractivity contribution in [1.29, 1.82) is 0 Å². The quantitative estimate of drug-likeness (QED) is 0.717. The van der Waals surface area contributed by atoms with Crippen molar-refractivity contribution < 1.29 is 0 Å². The smallest absolute Gasteiger partial charge is 0.0579 e. The third-order valence-electron chi connectivity index (χ3n) is 2.34. The van der Waals surface area contributed by atoms with E-state index >= 15 is 0 Å². The van der Waals surface area contributed by atoms with E-state index in [4.69, 9.17) is 0 Å². The molecule has 3 heteroatoms. The maximum atomic E-state index is 4.14. The molecule has 0 amide bonds. The van der Waals surface area contributed by atoms with Gasteiger partial charge in [-0.05, 0) is 38.6 Å². The van der Waals surface area contributed by atoms with E-state index in [-0.39, 0.29) is 0 Å². The van der Waals surface area contributed by atoms with Gasteiger partial charge in [0.25, 0.3) is 0 Å². The average molecular weight is 193 g/mol. The first-order valence-electron chi connectivity index (χ1n) is 5.02. The second-order valence-electron chi connectivity index (χ2n) is 3.54. The first-order valence-corrected chi connectivity index (χ1v) is 5.02. The lowest BCUT2D eigenvalue weighted by molar-refractivity contribution is 0.711. The molecular weight excluding hydrogens is 174 g/mol. The lowest BCUT2D eigenvalue weighted by Gasteiger charge is -2.20. The summed E-state index contributed by atoms with van der Waals surface area (Å²) in [6.07, 6.45) is 4.91. The summed E-state index contributed by atoms with van der Waals surface area (Å²) in [7, 11) is 4.09. The number of aryl methyl sites for hydroxylation is 1. The lowest BCUT2D eigenvalue weighted by Crippen LogP contribution is -2.22. The van der Waals surface area contributed by atoms with Crippen molar-refractivity contribution in [2.75, 3.05) is 32.1 Å². The van der Waals surface area contributed by atoms with Gasteiger partial charge in [-0.25, -0.2) is 0 Å². The predicted molar refractivity (Wildman–Crippen MR) is 60.8 cm³/mol. The SMILES string of the molecule is CNCCCN(C)c1cnccc1C. The summed E-state index contributed by atoms with van der Waals surface area (Å²) < 4.78 is 0. The Morgan fingerprint density at radius 1 is 1.50 bits per heavy atom. The molecule has 0 bridgehead atoms. The first kappa shape index (κ1) is 11.0. The summed E-state index contributed by atoms with van der Waals surface area (Å²) in [6, 6.07) is 2.05. The summed E-state index contributed by atoms with van der Waals surface area (Å²) in [5.74, 6) is 0. The van der Waals surface area contributed by atoms with Crippen molar-refractivity contribution in [3.8, 4) is 0 Å². The number of anilines is 1. The molecule has 0 spiro atoms. The number of nitrogens with one attached hydrogen (secondary N) is 1. The van der Waals surface area contributed by atoms with Crippen LogP contribution in [0.15, 0.2) is 18.5 Å². The van der Waals surface area contributed by atoms with Crippen LogP contribution in [0, 0.1) is 6.92 Å². The summed E-state index contributed by atoms with van der Waals surface area (Å²) in [5, 5.41) is 3.15. The standard InChI is InChI=1S/C11H19N3/c1-10-5-7-13-9-11(10)14(3)8-4-6-12-2/h5,7,9,12H,4,6,8H2,1-3H3. The molecule has 0 aliphatic carbocycles. The lowest BCUT2D eigenvalue weighted by atomic mass is 10.2. The van der Waals surface area contributed by atoms with Gasteiger partial charge in [-0.2, -0.15) is 0 Å². The second kappa shape index (κ2) is 5.60. The van der Waals surface area contributed by atoms with Gasteiger partial charge in [0.1, 0.15) is 0 Å². The molecule has 0 atom stereocenters. The van der Waals surface area contributed by atoms with E-state index in [9.17, 15) is 0 Å². The topological polar surface area (TPSA) is 28.2 Å². The Morgan fingerprint density at radius 3 is 2.93 bits per heavy atom. The van der Waals surface area contributed by atoms with Gasteiger partial charge in [-0.1, -0.05) is 0 Å². The Balaban J connectivity index is 2.51. The molecule has 1 aromatic heterocycles. The van der Waals surface area contributed by atoms with E-state index in [2.05, 4.69) is 29.2 Å². The highest BCUT2D eigenvalue weighted by Gasteiger charge is 2.02. The van der Waals surface area contributed by atoms with Crippen LogP contribution in [0.25, 0.3) is 0 Å². The van der Waals surface area contributed by atoms with E-state index in [0.29, 0.717) is 0 Å². The minimum atomic E-state index is 1.06. The summed E-state index contributed by atoms with van der Waals surface area (Å²) in [5.41, 5.74) is 2.51. The molecule has 0 aliphatic heterocycles. The number of pyridine rings is 1. The molecule has 0 unspecified atom stereocenters. The fraction of sp³-hybridized carbons (Fsp3) is 0.545. The summed E-state index contributed by atoms with van der Waals surface area (Å²) in [4.78, 5) is 6.39. The normalized spacial score (nSPS) is 10.2. The van der Waals surface area contributed by atoms with Crippen molar-refractivity contribution in [2.45, 2.75) is 13.3 Å². The molecule has 0 saturated heterocycles. The zero-order chi connectivity index (χ0) is 10.4. The van der Waals surface area contributed by atoms with Gasteiger partial charge < -0.3 is 10.2 Å². The van der Waals surface area contributed by atoms with Crippen molar-refractivity contribution >= 4 is 5.69 Å². The van der Waals surface area contributed by atoms with Crippen LogP contribution in [0.2, 0.25) is 0 Å². The molecule has 14 heavy (non-hydrogen) atoms. The Bertz CT molecular complexity index is 273. The first-order chi connectivity index (χ1) is 6.75. The fourth-order valence-electron chi connectivity index (χ4n) is 1.47. The highest BCUT2D eigenvalue weighted by atomic mass is 15.1. The Kier molecular flexibility index (Phi) is 4.40. The minimum Gasteiger partial charge on any atom is -0.373 e. The van der Waals surface area contributed by atoms with Crippen LogP contribution in [0.5, 0.6) is 0 Å². The van der Waals surface area contributed by atoms with Gasteiger partial charge in [0.15, 0.2) is 0 Å². The maximum Gasteiger partial charge on any atom is 0.0579 e. The fourth-order valence-corrected chi connectivity index (χ4v) is 1.47. The maximum absolute atomic E-state index is 4.14. The predicted octanol–water partition coefficient (Wildman–Crippen LogP) is 1.44. The molecule has 0 radical (unpaired) electrons. The third kappa shape index (κ3) is 3.00. The summed E-state index contributed by atoms with van der Waals surface area (Å²) >= 11 is 0. The van der Waals surface area contributed by atoms with Crippen LogP contribution < -0.4 is 10.2 Å². The Hall–Kier alpha value is -1.09. The van der Waals surface area contributed by atoms with Crippen molar-refractivity contribution in [2.24, 2.45) is 0 Å². The van der Waals surface area contributed by atoms with Crippen molar-refractivity contribution in [3.63, 3.8) is 0 Å². The van der Waals surface area contributed by atoms with Gasteiger partial charge in [0.2, 0.25) is 0 Å². The van der Waals surface area contributed by atoms with E-state index < -0.39 is 0 Å². The third-order valence-corrected chi connectivity index (χ3v) is 2.34.